The predicted molar refractivity (Wildman–Crippen MR) is 105 cm³/mol. The zero-order valence-electron chi connectivity index (χ0n) is 14.4. The number of fused-ring (bicyclic) bond motifs is 1. The number of hydrogen-bond donors (Lipinski definition) is 3. The number of ether oxygens (including phenoxy) is 1. The maximum absolute atomic E-state index is 13.0. The van der Waals surface area contributed by atoms with Crippen molar-refractivity contribution in [1.29, 1.82) is 10.8 Å². The molecule has 3 rings (SSSR count). The molecule has 0 spiro atoms. The molecule has 0 aliphatic carbocycles. The number of anilines is 1. The summed E-state index contributed by atoms with van der Waals surface area (Å²) in [6.07, 6.45) is -0.560. The Morgan fingerprint density at radius 1 is 1.56 bits per heavy atom. The van der Waals surface area contributed by atoms with Crippen molar-refractivity contribution in [1.82, 2.24) is 9.61 Å². The molecule has 1 aliphatic rings. The fraction of sp³-hybridized carbons (Fsp3) is 0.400. The number of alkyl halides is 1. The number of aromatic nitrogens is 2. The first-order valence-electron chi connectivity index (χ1n) is 8.02. The molecule has 0 bridgehead atoms. The molecule has 1 saturated heterocycles. The van der Waals surface area contributed by atoms with Gasteiger partial charge in [-0.3, -0.25) is 15.2 Å². The first-order valence-corrected chi connectivity index (χ1v) is 9.94. The lowest BCUT2D eigenvalue weighted by Gasteiger charge is -2.33. The topological polar surface area (TPSA) is 115 Å². The molecule has 3 heterocycles. The van der Waals surface area contributed by atoms with Crippen LogP contribution in [0.25, 0.3) is 5.52 Å². The van der Waals surface area contributed by atoms with Crippen LogP contribution in [0, 0.1) is 10.8 Å². The van der Waals surface area contributed by atoms with Crippen LogP contribution in [0.4, 0.5) is 10.2 Å². The van der Waals surface area contributed by atoms with Crippen molar-refractivity contribution in [2.75, 3.05) is 24.6 Å². The van der Waals surface area contributed by atoms with Crippen molar-refractivity contribution in [3.8, 4) is 0 Å². The molecule has 2 radical (unpaired) electrons. The minimum absolute atomic E-state index is 0.00696. The van der Waals surface area contributed by atoms with Crippen LogP contribution in [0.3, 0.4) is 0 Å². The van der Waals surface area contributed by atoms with Gasteiger partial charge >= 0.3 is 0 Å². The van der Waals surface area contributed by atoms with Crippen LogP contribution in [0.15, 0.2) is 23.2 Å². The van der Waals surface area contributed by atoms with Crippen LogP contribution < -0.4 is 4.90 Å². The van der Waals surface area contributed by atoms with E-state index in [4.69, 9.17) is 23.4 Å². The van der Waals surface area contributed by atoms with Gasteiger partial charge in [-0.2, -0.15) is 5.10 Å². The second-order valence-electron chi connectivity index (χ2n) is 5.98. The molecule has 3 unspecified atom stereocenters. The number of hydrogen-bond acceptors (Lipinski definition) is 7. The Hall–Kier alpha value is -1.76. The third kappa shape index (κ3) is 4.23. The SMILES string of the molecule is [B]C(F)C(=N)SC(=N)c1cnn2c(N3CCOC(C)C3)cc(S(=O)O)cc12. The van der Waals surface area contributed by atoms with Gasteiger partial charge in [0.15, 0.2) is 11.1 Å². The lowest BCUT2D eigenvalue weighted by atomic mass is 10.0. The minimum Gasteiger partial charge on any atom is -0.375 e. The van der Waals surface area contributed by atoms with Gasteiger partial charge in [-0.1, -0.05) is 11.8 Å². The molecular weight excluding hydrogens is 392 g/mol. The van der Waals surface area contributed by atoms with Crippen molar-refractivity contribution in [3.63, 3.8) is 0 Å². The summed E-state index contributed by atoms with van der Waals surface area (Å²) in [6, 6.07) is 3.04. The van der Waals surface area contributed by atoms with Gasteiger partial charge in [0.05, 0.1) is 39.9 Å². The standard InChI is InChI=1S/C15H17BFN5O3S2/c1-8-7-21(2-3-25-8)12-5-9(27(23)24)4-11-10(6-20-22(11)12)14(18)26-15(19)13(16)17/h4-6,8,13,18-19H,2-3,7H2,1H3,(H,23,24). The first-order chi connectivity index (χ1) is 12.8. The number of halogens is 1. The molecule has 1 fully saturated rings. The molecule has 0 saturated carbocycles. The monoisotopic (exact) mass is 409 g/mol. The number of pyridine rings is 1. The summed E-state index contributed by atoms with van der Waals surface area (Å²) in [6.45, 7) is 3.62. The lowest BCUT2D eigenvalue weighted by molar-refractivity contribution is 0.0528. The van der Waals surface area contributed by atoms with Gasteiger partial charge in [0.25, 0.3) is 0 Å². The average molecular weight is 409 g/mol. The molecule has 142 valence electrons. The molecule has 27 heavy (non-hydrogen) atoms. The first kappa shape index (κ1) is 20.0. The lowest BCUT2D eigenvalue weighted by Crippen LogP contribution is -2.42. The Morgan fingerprint density at radius 2 is 2.30 bits per heavy atom. The smallest absolute Gasteiger partial charge is 0.186 e. The molecule has 2 aromatic rings. The van der Waals surface area contributed by atoms with E-state index in [1.54, 1.807) is 10.6 Å². The van der Waals surface area contributed by atoms with E-state index in [1.807, 2.05) is 11.8 Å². The van der Waals surface area contributed by atoms with E-state index in [2.05, 4.69) is 5.10 Å². The van der Waals surface area contributed by atoms with Gasteiger partial charge in [0.1, 0.15) is 24.8 Å². The maximum atomic E-state index is 13.0. The van der Waals surface area contributed by atoms with Gasteiger partial charge in [0.2, 0.25) is 0 Å². The predicted octanol–water partition coefficient (Wildman–Crippen LogP) is 1.64. The maximum Gasteiger partial charge on any atom is 0.186 e. The Bertz CT molecular complexity index is 922. The Kier molecular flexibility index (Phi) is 5.99. The third-order valence-electron chi connectivity index (χ3n) is 4.05. The van der Waals surface area contributed by atoms with Gasteiger partial charge in [-0.15, -0.1) is 0 Å². The fourth-order valence-corrected chi connectivity index (χ4v) is 3.81. The Balaban J connectivity index is 2.07. The molecular formula is C15H17BFN5O3S2. The van der Waals surface area contributed by atoms with E-state index < -0.39 is 22.2 Å². The van der Waals surface area contributed by atoms with Crippen LogP contribution in [-0.2, 0) is 15.8 Å². The van der Waals surface area contributed by atoms with Crippen molar-refractivity contribution >= 4 is 52.1 Å². The summed E-state index contributed by atoms with van der Waals surface area (Å²) in [5.41, 5.74) is 0.738. The summed E-state index contributed by atoms with van der Waals surface area (Å²) in [5, 5.41) is 19.3. The van der Waals surface area contributed by atoms with Gasteiger partial charge < -0.3 is 14.2 Å². The molecule has 2 aromatic heterocycles. The molecule has 3 N–H and O–H groups in total. The van der Waals surface area contributed by atoms with Crippen LogP contribution in [0.2, 0.25) is 0 Å². The summed E-state index contributed by atoms with van der Waals surface area (Å²) in [7, 11) is 5.03. The van der Waals surface area contributed by atoms with E-state index in [0.717, 1.165) is 0 Å². The number of thioether (sulfide) groups is 1. The third-order valence-corrected chi connectivity index (χ3v) is 5.56. The van der Waals surface area contributed by atoms with Gasteiger partial charge in [0, 0.05) is 13.1 Å². The number of morpholine rings is 1. The highest BCUT2D eigenvalue weighted by atomic mass is 32.2. The molecule has 1 aliphatic heterocycles. The average Bonchev–Trinajstić information content (AvgIpc) is 3.04. The van der Waals surface area contributed by atoms with Crippen LogP contribution in [0.1, 0.15) is 12.5 Å². The fourth-order valence-electron chi connectivity index (χ4n) is 2.79. The van der Waals surface area contributed by atoms with Crippen molar-refractivity contribution in [3.05, 3.63) is 23.9 Å². The van der Waals surface area contributed by atoms with Gasteiger partial charge in [-0.25, -0.2) is 8.72 Å². The van der Waals surface area contributed by atoms with Gasteiger partial charge in [-0.05, 0) is 19.1 Å². The highest BCUT2D eigenvalue weighted by Crippen LogP contribution is 2.27. The van der Waals surface area contributed by atoms with E-state index in [-0.39, 0.29) is 16.0 Å². The van der Waals surface area contributed by atoms with Crippen molar-refractivity contribution in [2.24, 2.45) is 0 Å². The molecule has 8 nitrogen and oxygen atoms in total. The second-order valence-corrected chi connectivity index (χ2v) is 8.00. The Labute approximate surface area is 163 Å². The van der Waals surface area contributed by atoms with Crippen LogP contribution in [0.5, 0.6) is 0 Å². The number of nitrogens with zero attached hydrogens (tertiary/aromatic N) is 3. The molecule has 3 atom stereocenters. The number of nitrogens with one attached hydrogen (secondary N) is 2. The van der Waals surface area contributed by atoms with E-state index in [9.17, 15) is 13.2 Å². The summed E-state index contributed by atoms with van der Waals surface area (Å²) >= 11 is -1.65. The van der Waals surface area contributed by atoms with Crippen LogP contribution >= 0.6 is 11.8 Å². The number of rotatable bonds is 4. The normalized spacial score (nSPS) is 19.8. The molecule has 12 heteroatoms. The molecule has 0 amide bonds. The highest BCUT2D eigenvalue weighted by Gasteiger charge is 2.23. The quantitative estimate of drug-likeness (QED) is 0.306. The van der Waals surface area contributed by atoms with E-state index in [1.165, 1.54) is 12.3 Å². The van der Waals surface area contributed by atoms with Crippen LogP contribution in [-0.4, -0.2) is 68.2 Å². The molecule has 0 aromatic carbocycles. The van der Waals surface area contributed by atoms with E-state index >= 15 is 0 Å². The summed E-state index contributed by atoms with van der Waals surface area (Å²) in [5.74, 6) is 0.598. The summed E-state index contributed by atoms with van der Waals surface area (Å²) < 4.78 is 41.4. The highest BCUT2D eigenvalue weighted by molar-refractivity contribution is 8.27. The zero-order valence-corrected chi connectivity index (χ0v) is 16.0. The minimum atomic E-state index is -2.23. The zero-order chi connectivity index (χ0) is 19.7. The Morgan fingerprint density at radius 3 is 2.93 bits per heavy atom. The summed E-state index contributed by atoms with van der Waals surface area (Å²) in [4.78, 5) is 2.15. The van der Waals surface area contributed by atoms with Crippen molar-refractivity contribution in [2.45, 2.75) is 24.0 Å². The largest absolute Gasteiger partial charge is 0.375 e. The van der Waals surface area contributed by atoms with Crippen molar-refractivity contribution < 1.29 is 17.9 Å². The second kappa shape index (κ2) is 8.09. The van der Waals surface area contributed by atoms with E-state index in [0.29, 0.717) is 48.4 Å².